The van der Waals surface area contributed by atoms with Crippen molar-refractivity contribution in [2.45, 2.75) is 6.42 Å². The third-order valence-corrected chi connectivity index (χ3v) is 3.23. The minimum Gasteiger partial charge on any atom is -0.481 e. The molecule has 0 bridgehead atoms. The van der Waals surface area contributed by atoms with Gasteiger partial charge in [0.15, 0.2) is 0 Å². The van der Waals surface area contributed by atoms with Crippen LogP contribution in [0.1, 0.15) is 6.42 Å². The molecule has 1 amide bonds. The highest BCUT2D eigenvalue weighted by Crippen LogP contribution is 2.19. The zero-order valence-electron chi connectivity index (χ0n) is 11.2. The fourth-order valence-electron chi connectivity index (χ4n) is 2.25. The first-order valence-corrected chi connectivity index (χ1v) is 6.42. The molecule has 0 atom stereocenters. The molecular formula is C13H15N3O5. The van der Waals surface area contributed by atoms with Crippen molar-refractivity contribution in [1.29, 1.82) is 0 Å². The summed E-state index contributed by atoms with van der Waals surface area (Å²) in [6.45, 7) is 1.38. The van der Waals surface area contributed by atoms with Crippen LogP contribution >= 0.6 is 0 Å². The second-order valence-electron chi connectivity index (χ2n) is 5.01. The lowest BCUT2D eigenvalue weighted by atomic mass is 9.96. The normalized spacial score (nSPS) is 15.2. The summed E-state index contributed by atoms with van der Waals surface area (Å²) < 4.78 is 0. The van der Waals surface area contributed by atoms with E-state index in [2.05, 4.69) is 5.32 Å². The van der Waals surface area contributed by atoms with Crippen molar-refractivity contribution in [3.8, 4) is 0 Å². The van der Waals surface area contributed by atoms with Crippen LogP contribution in [0.4, 0.5) is 11.4 Å². The zero-order valence-corrected chi connectivity index (χ0v) is 11.2. The molecule has 1 aromatic carbocycles. The molecule has 1 heterocycles. The summed E-state index contributed by atoms with van der Waals surface area (Å²) >= 11 is 0. The van der Waals surface area contributed by atoms with E-state index in [0.29, 0.717) is 18.8 Å². The Morgan fingerprint density at radius 1 is 1.33 bits per heavy atom. The van der Waals surface area contributed by atoms with E-state index in [9.17, 15) is 19.7 Å². The Hall–Kier alpha value is -2.48. The number of carbonyl (C=O) groups is 2. The molecule has 21 heavy (non-hydrogen) atoms. The number of likely N-dealkylation sites (tertiary alicyclic amines) is 1. The van der Waals surface area contributed by atoms with Crippen molar-refractivity contribution in [2.75, 3.05) is 25.0 Å². The Morgan fingerprint density at radius 3 is 2.48 bits per heavy atom. The van der Waals surface area contributed by atoms with Crippen molar-refractivity contribution in [2.24, 2.45) is 5.92 Å². The summed E-state index contributed by atoms with van der Waals surface area (Å²) in [7, 11) is 0. The molecule has 0 aromatic heterocycles. The van der Waals surface area contributed by atoms with Crippen LogP contribution < -0.4 is 5.32 Å². The number of amides is 1. The molecule has 1 saturated heterocycles. The maximum atomic E-state index is 11.8. The Morgan fingerprint density at radius 2 is 1.95 bits per heavy atom. The smallest absolute Gasteiger partial charge is 0.303 e. The third kappa shape index (κ3) is 4.25. The van der Waals surface area contributed by atoms with Gasteiger partial charge < -0.3 is 10.4 Å². The molecule has 0 saturated carbocycles. The van der Waals surface area contributed by atoms with E-state index in [1.54, 1.807) is 0 Å². The quantitative estimate of drug-likeness (QED) is 0.596. The van der Waals surface area contributed by atoms with Gasteiger partial charge in [0.05, 0.1) is 17.9 Å². The van der Waals surface area contributed by atoms with Crippen LogP contribution in [0.2, 0.25) is 0 Å². The number of nitro groups is 1. The van der Waals surface area contributed by atoms with E-state index in [4.69, 9.17) is 5.11 Å². The molecule has 1 aliphatic heterocycles. The number of non-ortho nitro benzene ring substituents is 1. The predicted octanol–water partition coefficient (Wildman–Crippen LogP) is 0.940. The minimum absolute atomic E-state index is 0.0349. The van der Waals surface area contributed by atoms with E-state index in [0.717, 1.165) is 0 Å². The van der Waals surface area contributed by atoms with Crippen molar-refractivity contribution in [3.05, 3.63) is 34.4 Å². The Kier molecular flexibility index (Phi) is 4.49. The summed E-state index contributed by atoms with van der Waals surface area (Å²) in [5.74, 6) is -0.942. The van der Waals surface area contributed by atoms with Gasteiger partial charge in [-0.05, 0) is 18.1 Å². The molecule has 0 radical (unpaired) electrons. The number of carboxylic acid groups (broad SMARTS) is 1. The summed E-state index contributed by atoms with van der Waals surface area (Å²) in [5.41, 5.74) is 0.459. The molecular weight excluding hydrogens is 278 g/mol. The molecule has 1 fully saturated rings. The second kappa shape index (κ2) is 6.31. The predicted molar refractivity (Wildman–Crippen MR) is 73.9 cm³/mol. The maximum absolute atomic E-state index is 11.8. The van der Waals surface area contributed by atoms with Gasteiger partial charge in [-0.25, -0.2) is 0 Å². The van der Waals surface area contributed by atoms with Gasteiger partial charge >= 0.3 is 5.97 Å². The number of carboxylic acids is 1. The van der Waals surface area contributed by atoms with Crippen molar-refractivity contribution >= 4 is 23.3 Å². The molecule has 8 heteroatoms. The number of carbonyl (C=O) groups excluding carboxylic acids is 1. The number of aliphatic carboxylic acids is 1. The first kappa shape index (κ1) is 14.9. The number of nitro benzene ring substituents is 1. The molecule has 0 aliphatic carbocycles. The van der Waals surface area contributed by atoms with Gasteiger partial charge in [0.2, 0.25) is 5.91 Å². The molecule has 2 rings (SSSR count). The molecule has 8 nitrogen and oxygen atoms in total. The van der Waals surface area contributed by atoms with Gasteiger partial charge in [-0.3, -0.25) is 24.6 Å². The summed E-state index contributed by atoms with van der Waals surface area (Å²) in [4.78, 5) is 34.1. The lowest BCUT2D eigenvalue weighted by Crippen LogP contribution is -2.50. The number of rotatable bonds is 6. The van der Waals surface area contributed by atoms with Crippen molar-refractivity contribution in [3.63, 3.8) is 0 Å². The Labute approximate surface area is 120 Å². The van der Waals surface area contributed by atoms with Gasteiger partial charge in [-0.2, -0.15) is 0 Å². The maximum Gasteiger partial charge on any atom is 0.303 e. The highest BCUT2D eigenvalue weighted by Gasteiger charge is 2.29. The van der Waals surface area contributed by atoms with Crippen LogP contribution in [0.5, 0.6) is 0 Å². The SMILES string of the molecule is O=C(O)CC1CN(CC(=O)Nc2ccc([N+](=O)[O-])cc2)C1. The lowest BCUT2D eigenvalue weighted by Gasteiger charge is -2.37. The van der Waals surface area contributed by atoms with E-state index >= 15 is 0 Å². The largest absolute Gasteiger partial charge is 0.481 e. The number of nitrogens with one attached hydrogen (secondary N) is 1. The van der Waals surface area contributed by atoms with Crippen molar-refractivity contribution in [1.82, 2.24) is 4.90 Å². The van der Waals surface area contributed by atoms with Crippen LogP contribution in [0, 0.1) is 16.0 Å². The van der Waals surface area contributed by atoms with Crippen LogP contribution in [0.25, 0.3) is 0 Å². The van der Waals surface area contributed by atoms with Gasteiger partial charge in [0.25, 0.3) is 5.69 Å². The Bertz CT molecular complexity index is 551. The molecule has 0 spiro atoms. The highest BCUT2D eigenvalue weighted by atomic mass is 16.6. The van der Waals surface area contributed by atoms with Gasteiger partial charge in [-0.15, -0.1) is 0 Å². The number of hydrogen-bond acceptors (Lipinski definition) is 5. The lowest BCUT2D eigenvalue weighted by molar-refractivity contribution is -0.384. The second-order valence-corrected chi connectivity index (χ2v) is 5.01. The van der Waals surface area contributed by atoms with Crippen molar-refractivity contribution < 1.29 is 19.6 Å². The summed E-state index contributed by atoms with van der Waals surface area (Å²) in [5, 5.41) is 21.8. The summed E-state index contributed by atoms with van der Waals surface area (Å²) in [6.07, 6.45) is 0.125. The molecule has 2 N–H and O–H groups in total. The van der Waals surface area contributed by atoms with Gasteiger partial charge in [0, 0.05) is 30.9 Å². The highest BCUT2D eigenvalue weighted by molar-refractivity contribution is 5.92. The van der Waals surface area contributed by atoms with E-state index in [1.807, 2.05) is 4.90 Å². The zero-order chi connectivity index (χ0) is 15.4. The van der Waals surface area contributed by atoms with Crippen LogP contribution in [0.15, 0.2) is 24.3 Å². The number of benzene rings is 1. The van der Waals surface area contributed by atoms with Gasteiger partial charge in [-0.1, -0.05) is 0 Å². The van der Waals surface area contributed by atoms with E-state index < -0.39 is 10.9 Å². The van der Waals surface area contributed by atoms with E-state index in [-0.39, 0.29) is 30.5 Å². The first-order valence-electron chi connectivity index (χ1n) is 6.42. The minimum atomic E-state index is -0.824. The average molecular weight is 293 g/mol. The fraction of sp³-hybridized carbons (Fsp3) is 0.385. The number of hydrogen-bond donors (Lipinski definition) is 2. The van der Waals surface area contributed by atoms with Crippen LogP contribution in [-0.4, -0.2) is 46.4 Å². The first-order chi connectivity index (χ1) is 9.94. The van der Waals surface area contributed by atoms with Crippen LogP contribution in [0.3, 0.4) is 0 Å². The number of nitrogens with zero attached hydrogens (tertiary/aromatic N) is 2. The van der Waals surface area contributed by atoms with E-state index in [1.165, 1.54) is 24.3 Å². The molecule has 112 valence electrons. The van der Waals surface area contributed by atoms with Gasteiger partial charge in [0.1, 0.15) is 0 Å². The number of anilines is 1. The summed E-state index contributed by atoms with van der Waals surface area (Å²) in [6, 6.07) is 5.59. The third-order valence-electron chi connectivity index (χ3n) is 3.23. The average Bonchev–Trinajstić information content (AvgIpc) is 2.36. The Balaban J connectivity index is 1.75. The standard InChI is InChI=1S/C13H15N3O5/c17-12(8-15-6-9(7-15)5-13(18)19)14-10-1-3-11(4-2-10)16(20)21/h1-4,9H,5-8H2,(H,14,17)(H,18,19). The van der Waals surface area contributed by atoms with Crippen LogP contribution in [-0.2, 0) is 9.59 Å². The molecule has 1 aromatic rings. The monoisotopic (exact) mass is 293 g/mol. The fourth-order valence-corrected chi connectivity index (χ4v) is 2.25. The molecule has 1 aliphatic rings. The molecule has 0 unspecified atom stereocenters. The topological polar surface area (TPSA) is 113 Å².